The van der Waals surface area contributed by atoms with Crippen LogP contribution >= 0.6 is 0 Å². The van der Waals surface area contributed by atoms with Gasteiger partial charge in [-0.2, -0.15) is 0 Å². The summed E-state index contributed by atoms with van der Waals surface area (Å²) in [5.41, 5.74) is 1.23. The first kappa shape index (κ1) is 14.1. The number of hydrogen-bond donors (Lipinski definition) is 1. The number of likely N-dealkylation sites (tertiary alicyclic amines) is 1. The van der Waals surface area contributed by atoms with E-state index in [2.05, 4.69) is 22.3 Å². The summed E-state index contributed by atoms with van der Waals surface area (Å²) in [5, 5.41) is 3.00. The van der Waals surface area contributed by atoms with Crippen molar-refractivity contribution < 1.29 is 14.3 Å². The van der Waals surface area contributed by atoms with Crippen molar-refractivity contribution in [2.45, 2.75) is 12.3 Å². The van der Waals surface area contributed by atoms with Gasteiger partial charge < -0.3 is 14.8 Å². The SMILES string of the molecule is COc1ccc(CN2CC3(C2)NC(=O)c2ccccc2O3)cc1. The molecule has 1 spiro atoms. The Bertz CT molecular complexity index is 736. The van der Waals surface area contributed by atoms with E-state index in [4.69, 9.17) is 9.47 Å². The Morgan fingerprint density at radius 1 is 1.17 bits per heavy atom. The molecule has 0 aromatic heterocycles. The van der Waals surface area contributed by atoms with Crippen LogP contribution in [0, 0.1) is 0 Å². The maximum Gasteiger partial charge on any atom is 0.258 e. The maximum atomic E-state index is 12.2. The highest BCUT2D eigenvalue weighted by atomic mass is 16.5. The van der Waals surface area contributed by atoms with Crippen molar-refractivity contribution in [1.82, 2.24) is 10.2 Å². The zero-order valence-corrected chi connectivity index (χ0v) is 12.9. The minimum absolute atomic E-state index is 0.0593. The summed E-state index contributed by atoms with van der Waals surface area (Å²) < 4.78 is 11.2. The molecule has 2 aromatic rings. The van der Waals surface area contributed by atoms with Crippen LogP contribution in [0.25, 0.3) is 0 Å². The van der Waals surface area contributed by atoms with E-state index >= 15 is 0 Å². The lowest BCUT2D eigenvalue weighted by Gasteiger charge is -2.51. The molecule has 2 aliphatic rings. The molecule has 0 radical (unpaired) electrons. The molecule has 2 aliphatic heterocycles. The van der Waals surface area contributed by atoms with E-state index in [1.54, 1.807) is 13.2 Å². The van der Waals surface area contributed by atoms with Crippen LogP contribution in [-0.4, -0.2) is 36.7 Å². The lowest BCUT2D eigenvalue weighted by atomic mass is 9.99. The molecular weight excluding hydrogens is 292 g/mol. The van der Waals surface area contributed by atoms with Crippen LogP contribution in [0.3, 0.4) is 0 Å². The lowest BCUT2D eigenvalue weighted by Crippen LogP contribution is -2.74. The van der Waals surface area contributed by atoms with Crippen molar-refractivity contribution in [3.8, 4) is 11.5 Å². The highest BCUT2D eigenvalue weighted by Crippen LogP contribution is 2.33. The Kier molecular flexibility index (Phi) is 3.23. The molecule has 0 bridgehead atoms. The Morgan fingerprint density at radius 3 is 2.65 bits per heavy atom. The van der Waals surface area contributed by atoms with Crippen molar-refractivity contribution in [2.75, 3.05) is 20.2 Å². The molecule has 5 heteroatoms. The second-order valence-electron chi connectivity index (χ2n) is 6.04. The molecule has 1 amide bonds. The Morgan fingerprint density at radius 2 is 1.91 bits per heavy atom. The van der Waals surface area contributed by atoms with Gasteiger partial charge in [-0.15, -0.1) is 0 Å². The molecule has 5 nitrogen and oxygen atoms in total. The summed E-state index contributed by atoms with van der Waals surface area (Å²) in [7, 11) is 1.66. The van der Waals surface area contributed by atoms with Crippen LogP contribution in [-0.2, 0) is 6.54 Å². The van der Waals surface area contributed by atoms with Gasteiger partial charge in [-0.05, 0) is 29.8 Å². The largest absolute Gasteiger partial charge is 0.497 e. The Labute approximate surface area is 134 Å². The number of carbonyl (C=O) groups excluding carboxylic acids is 1. The van der Waals surface area contributed by atoms with Gasteiger partial charge in [0.15, 0.2) is 0 Å². The molecule has 0 atom stereocenters. The maximum absolute atomic E-state index is 12.2. The monoisotopic (exact) mass is 310 g/mol. The molecular formula is C18H18N2O3. The molecule has 2 aromatic carbocycles. The fourth-order valence-corrected chi connectivity index (χ4v) is 3.17. The highest BCUT2D eigenvalue weighted by molar-refractivity contribution is 5.98. The van der Waals surface area contributed by atoms with Gasteiger partial charge in [0, 0.05) is 6.54 Å². The number of carbonyl (C=O) groups is 1. The zero-order valence-electron chi connectivity index (χ0n) is 12.9. The molecule has 0 unspecified atom stereocenters. The molecule has 4 rings (SSSR count). The fourth-order valence-electron chi connectivity index (χ4n) is 3.17. The Hall–Kier alpha value is -2.53. The third-order valence-electron chi connectivity index (χ3n) is 4.30. The number of methoxy groups -OCH3 is 1. The van der Waals surface area contributed by atoms with Gasteiger partial charge in [0.2, 0.25) is 5.72 Å². The van der Waals surface area contributed by atoms with E-state index in [-0.39, 0.29) is 5.91 Å². The average Bonchev–Trinajstić information content (AvgIpc) is 2.54. The van der Waals surface area contributed by atoms with E-state index in [0.717, 1.165) is 12.3 Å². The third-order valence-corrected chi connectivity index (χ3v) is 4.30. The first-order valence-corrected chi connectivity index (χ1v) is 7.63. The average molecular weight is 310 g/mol. The van der Waals surface area contributed by atoms with Gasteiger partial charge in [0.05, 0.1) is 25.8 Å². The highest BCUT2D eigenvalue weighted by Gasteiger charge is 2.49. The topological polar surface area (TPSA) is 50.8 Å². The molecule has 0 aliphatic carbocycles. The number of benzene rings is 2. The first-order chi connectivity index (χ1) is 11.2. The number of nitrogens with one attached hydrogen (secondary N) is 1. The number of ether oxygens (including phenoxy) is 2. The summed E-state index contributed by atoms with van der Waals surface area (Å²) in [6.45, 7) is 2.19. The van der Waals surface area contributed by atoms with Gasteiger partial charge in [0.25, 0.3) is 5.91 Å². The van der Waals surface area contributed by atoms with Crippen LogP contribution in [0.4, 0.5) is 0 Å². The quantitative estimate of drug-likeness (QED) is 0.942. The number of amides is 1. The van der Waals surface area contributed by atoms with Crippen LogP contribution in [0.1, 0.15) is 15.9 Å². The van der Waals surface area contributed by atoms with Crippen molar-refractivity contribution in [3.63, 3.8) is 0 Å². The van der Waals surface area contributed by atoms with Crippen LogP contribution < -0.4 is 14.8 Å². The fraction of sp³-hybridized carbons (Fsp3) is 0.278. The second kappa shape index (κ2) is 5.28. The number of para-hydroxylation sites is 1. The smallest absolute Gasteiger partial charge is 0.258 e. The van der Waals surface area contributed by atoms with Crippen molar-refractivity contribution >= 4 is 5.91 Å². The number of rotatable bonds is 3. The van der Waals surface area contributed by atoms with E-state index in [1.165, 1.54) is 5.56 Å². The summed E-state index contributed by atoms with van der Waals surface area (Å²) in [5.74, 6) is 1.46. The number of fused-ring (bicyclic) bond motifs is 1. The molecule has 0 saturated carbocycles. The zero-order chi connectivity index (χ0) is 15.9. The minimum Gasteiger partial charge on any atom is -0.497 e. The molecule has 118 valence electrons. The summed E-state index contributed by atoms with van der Waals surface area (Å²) in [6, 6.07) is 15.4. The van der Waals surface area contributed by atoms with Gasteiger partial charge in [-0.3, -0.25) is 9.69 Å². The van der Waals surface area contributed by atoms with Gasteiger partial charge in [-0.1, -0.05) is 24.3 Å². The second-order valence-corrected chi connectivity index (χ2v) is 6.04. The summed E-state index contributed by atoms with van der Waals surface area (Å²) in [4.78, 5) is 14.5. The molecule has 1 fully saturated rings. The first-order valence-electron chi connectivity index (χ1n) is 7.63. The van der Waals surface area contributed by atoms with Gasteiger partial charge >= 0.3 is 0 Å². The van der Waals surface area contributed by atoms with Crippen LogP contribution in [0.15, 0.2) is 48.5 Å². The van der Waals surface area contributed by atoms with Crippen LogP contribution in [0.2, 0.25) is 0 Å². The van der Waals surface area contributed by atoms with E-state index in [0.29, 0.717) is 24.4 Å². The van der Waals surface area contributed by atoms with Gasteiger partial charge in [0.1, 0.15) is 11.5 Å². The van der Waals surface area contributed by atoms with E-state index in [1.807, 2.05) is 30.3 Å². The lowest BCUT2D eigenvalue weighted by molar-refractivity contribution is -0.102. The van der Waals surface area contributed by atoms with Crippen molar-refractivity contribution in [2.24, 2.45) is 0 Å². The number of nitrogens with zero attached hydrogens (tertiary/aromatic N) is 1. The molecule has 23 heavy (non-hydrogen) atoms. The normalized spacial score (nSPS) is 18.6. The summed E-state index contributed by atoms with van der Waals surface area (Å²) >= 11 is 0. The van der Waals surface area contributed by atoms with Crippen molar-refractivity contribution in [3.05, 3.63) is 59.7 Å². The standard InChI is InChI=1S/C18H18N2O3/c1-22-14-8-6-13(7-9-14)10-20-11-18(12-20)19-17(21)15-4-2-3-5-16(15)23-18/h2-9H,10-12H2,1H3,(H,19,21). The van der Waals surface area contributed by atoms with E-state index < -0.39 is 5.72 Å². The predicted molar refractivity (Wildman–Crippen MR) is 85.5 cm³/mol. The summed E-state index contributed by atoms with van der Waals surface area (Å²) in [6.07, 6.45) is 0. The van der Waals surface area contributed by atoms with E-state index in [9.17, 15) is 4.79 Å². The van der Waals surface area contributed by atoms with Gasteiger partial charge in [-0.25, -0.2) is 0 Å². The molecule has 2 heterocycles. The minimum atomic E-state index is -0.585. The van der Waals surface area contributed by atoms with Crippen LogP contribution in [0.5, 0.6) is 11.5 Å². The predicted octanol–water partition coefficient (Wildman–Crippen LogP) is 2.03. The molecule has 1 N–H and O–H groups in total. The molecule has 1 saturated heterocycles. The number of hydrogen-bond acceptors (Lipinski definition) is 4. The third kappa shape index (κ3) is 2.53. The van der Waals surface area contributed by atoms with Crippen molar-refractivity contribution in [1.29, 1.82) is 0 Å². The Balaban J connectivity index is 1.42.